The highest BCUT2D eigenvalue weighted by Crippen LogP contribution is 2.18. The molecule has 0 aliphatic heterocycles. The van der Waals surface area contributed by atoms with Crippen LogP contribution in [0, 0.1) is 5.92 Å². The van der Waals surface area contributed by atoms with Gasteiger partial charge in [0.05, 0.1) is 6.54 Å². The standard InChI is InChI=1S/C19H31N3O2/c1-5-7-15-8-10-16(11-9-15)19(14(3)4)22-13-18(24)21-12-17(23)20-6-2/h8-11,14,19,22H,5-7,12-13H2,1-4H3,(H,20,23)(H,21,24)/p+1/t19-/m0/s1. The van der Waals surface area contributed by atoms with Crippen LogP contribution in [0.3, 0.4) is 0 Å². The lowest BCUT2D eigenvalue weighted by atomic mass is 9.94. The Kier molecular flexibility index (Phi) is 9.08. The first kappa shape index (κ1) is 20.2. The van der Waals surface area contributed by atoms with Gasteiger partial charge in [0.25, 0.3) is 5.91 Å². The summed E-state index contributed by atoms with van der Waals surface area (Å²) in [5.74, 6) is 0.144. The molecular weight excluding hydrogens is 302 g/mol. The van der Waals surface area contributed by atoms with Gasteiger partial charge >= 0.3 is 0 Å². The van der Waals surface area contributed by atoms with Crippen molar-refractivity contribution in [2.75, 3.05) is 19.6 Å². The van der Waals surface area contributed by atoms with Gasteiger partial charge in [0.1, 0.15) is 6.04 Å². The molecule has 0 fully saturated rings. The Labute approximate surface area is 145 Å². The third kappa shape index (κ3) is 7.13. The molecule has 0 heterocycles. The minimum Gasteiger partial charge on any atom is -0.355 e. The normalized spacial score (nSPS) is 12.0. The van der Waals surface area contributed by atoms with Crippen molar-refractivity contribution in [3.05, 3.63) is 35.4 Å². The number of rotatable bonds is 10. The average molecular weight is 334 g/mol. The van der Waals surface area contributed by atoms with E-state index >= 15 is 0 Å². The van der Waals surface area contributed by atoms with Crippen LogP contribution < -0.4 is 16.0 Å². The average Bonchev–Trinajstić information content (AvgIpc) is 2.55. The van der Waals surface area contributed by atoms with Crippen molar-refractivity contribution in [2.24, 2.45) is 5.92 Å². The second-order valence-corrected chi connectivity index (χ2v) is 6.43. The van der Waals surface area contributed by atoms with Crippen LogP contribution >= 0.6 is 0 Å². The second kappa shape index (κ2) is 10.8. The highest BCUT2D eigenvalue weighted by Gasteiger charge is 2.20. The molecule has 0 unspecified atom stereocenters. The molecule has 134 valence electrons. The minimum absolute atomic E-state index is 0.0403. The lowest BCUT2D eigenvalue weighted by molar-refractivity contribution is -0.692. The number of carbonyl (C=O) groups excluding carboxylic acids is 2. The molecular formula is C19H32N3O2+. The van der Waals surface area contributed by atoms with E-state index < -0.39 is 0 Å². The zero-order valence-corrected chi connectivity index (χ0v) is 15.4. The molecule has 1 aromatic carbocycles. The largest absolute Gasteiger partial charge is 0.355 e. The number of carbonyl (C=O) groups is 2. The van der Waals surface area contributed by atoms with Gasteiger partial charge in [-0.3, -0.25) is 9.59 Å². The van der Waals surface area contributed by atoms with Crippen LogP contribution in [-0.4, -0.2) is 31.4 Å². The maximum absolute atomic E-state index is 11.9. The Bertz CT molecular complexity index is 512. The number of nitrogens with one attached hydrogen (secondary N) is 2. The first-order chi connectivity index (χ1) is 11.5. The van der Waals surface area contributed by atoms with Gasteiger partial charge in [-0.05, 0) is 18.9 Å². The Morgan fingerprint density at radius 3 is 2.25 bits per heavy atom. The van der Waals surface area contributed by atoms with Crippen molar-refractivity contribution < 1.29 is 14.9 Å². The number of amides is 2. The Morgan fingerprint density at radius 1 is 1.04 bits per heavy atom. The molecule has 0 radical (unpaired) electrons. The summed E-state index contributed by atoms with van der Waals surface area (Å²) in [4.78, 5) is 23.3. The van der Waals surface area contributed by atoms with Crippen LogP contribution in [-0.2, 0) is 16.0 Å². The molecule has 1 rings (SSSR count). The van der Waals surface area contributed by atoms with Crippen LogP contribution in [0.1, 0.15) is 51.3 Å². The van der Waals surface area contributed by atoms with Gasteiger partial charge in [-0.1, -0.05) is 51.5 Å². The van der Waals surface area contributed by atoms with Gasteiger partial charge < -0.3 is 16.0 Å². The summed E-state index contributed by atoms with van der Waals surface area (Å²) in [5, 5.41) is 7.37. The SMILES string of the molecule is CCCc1ccc([C@@H]([NH2+]CC(=O)NCC(=O)NCC)C(C)C)cc1. The molecule has 24 heavy (non-hydrogen) atoms. The van der Waals surface area contributed by atoms with E-state index in [-0.39, 0.29) is 24.4 Å². The smallest absolute Gasteiger partial charge is 0.275 e. The summed E-state index contributed by atoms with van der Waals surface area (Å²) in [6, 6.07) is 8.92. The highest BCUT2D eigenvalue weighted by atomic mass is 16.2. The zero-order valence-electron chi connectivity index (χ0n) is 15.4. The molecule has 1 atom stereocenters. The summed E-state index contributed by atoms with van der Waals surface area (Å²) >= 11 is 0. The topological polar surface area (TPSA) is 74.8 Å². The predicted molar refractivity (Wildman–Crippen MR) is 96.5 cm³/mol. The van der Waals surface area contributed by atoms with Crippen molar-refractivity contribution in [3.63, 3.8) is 0 Å². The fourth-order valence-corrected chi connectivity index (χ4v) is 2.73. The lowest BCUT2D eigenvalue weighted by Gasteiger charge is -2.20. The van der Waals surface area contributed by atoms with Gasteiger partial charge in [0, 0.05) is 18.0 Å². The number of hydrogen-bond donors (Lipinski definition) is 3. The minimum atomic E-state index is -0.155. The highest BCUT2D eigenvalue weighted by molar-refractivity contribution is 5.84. The summed E-state index contributed by atoms with van der Waals surface area (Å²) in [7, 11) is 0. The van der Waals surface area contributed by atoms with Crippen molar-refractivity contribution in [2.45, 2.75) is 46.6 Å². The number of aryl methyl sites for hydroxylation is 1. The lowest BCUT2D eigenvalue weighted by Crippen LogP contribution is -2.88. The van der Waals surface area contributed by atoms with Gasteiger partial charge in [-0.15, -0.1) is 0 Å². The van der Waals surface area contributed by atoms with E-state index in [9.17, 15) is 9.59 Å². The summed E-state index contributed by atoms with van der Waals surface area (Å²) in [5.41, 5.74) is 2.59. The molecule has 4 N–H and O–H groups in total. The molecule has 0 bridgehead atoms. The van der Waals surface area contributed by atoms with E-state index in [0.29, 0.717) is 19.0 Å². The fraction of sp³-hybridized carbons (Fsp3) is 0.579. The fourth-order valence-electron chi connectivity index (χ4n) is 2.73. The van der Waals surface area contributed by atoms with Gasteiger partial charge in [0.2, 0.25) is 5.91 Å². The van der Waals surface area contributed by atoms with Crippen molar-refractivity contribution >= 4 is 11.8 Å². The van der Waals surface area contributed by atoms with Crippen molar-refractivity contribution in [1.29, 1.82) is 0 Å². The van der Waals surface area contributed by atoms with Gasteiger partial charge in [-0.25, -0.2) is 0 Å². The number of likely N-dealkylation sites (N-methyl/N-ethyl adjacent to an activating group) is 1. The Hall–Kier alpha value is -1.88. The van der Waals surface area contributed by atoms with Gasteiger partial charge in [-0.2, -0.15) is 0 Å². The van der Waals surface area contributed by atoms with Crippen molar-refractivity contribution in [3.8, 4) is 0 Å². The number of nitrogens with two attached hydrogens (primary N) is 1. The van der Waals surface area contributed by atoms with Gasteiger partial charge in [0.15, 0.2) is 6.54 Å². The predicted octanol–water partition coefficient (Wildman–Crippen LogP) is 1.15. The van der Waals surface area contributed by atoms with Crippen LogP contribution in [0.2, 0.25) is 0 Å². The van der Waals surface area contributed by atoms with E-state index in [1.54, 1.807) is 0 Å². The van der Waals surface area contributed by atoms with E-state index in [2.05, 4.69) is 55.7 Å². The molecule has 0 saturated carbocycles. The van der Waals surface area contributed by atoms with Crippen LogP contribution in [0.15, 0.2) is 24.3 Å². The molecule has 0 saturated heterocycles. The monoisotopic (exact) mass is 334 g/mol. The van der Waals surface area contributed by atoms with Crippen LogP contribution in [0.25, 0.3) is 0 Å². The number of benzene rings is 1. The number of hydrogen-bond acceptors (Lipinski definition) is 2. The van der Waals surface area contributed by atoms with E-state index in [4.69, 9.17) is 0 Å². The maximum atomic E-state index is 11.9. The summed E-state index contributed by atoms with van der Waals surface area (Å²) < 4.78 is 0. The van der Waals surface area contributed by atoms with Crippen LogP contribution in [0.4, 0.5) is 0 Å². The summed E-state index contributed by atoms with van der Waals surface area (Å²) in [6.07, 6.45) is 2.24. The van der Waals surface area contributed by atoms with Crippen LogP contribution in [0.5, 0.6) is 0 Å². The molecule has 1 aromatic rings. The third-order valence-electron chi connectivity index (χ3n) is 4.00. The first-order valence-corrected chi connectivity index (χ1v) is 8.93. The second-order valence-electron chi connectivity index (χ2n) is 6.43. The van der Waals surface area contributed by atoms with Crippen molar-refractivity contribution in [1.82, 2.24) is 10.6 Å². The molecule has 2 amide bonds. The molecule has 0 spiro atoms. The molecule has 0 aromatic heterocycles. The Balaban J connectivity index is 2.54. The van der Waals surface area contributed by atoms with E-state index in [1.807, 2.05) is 12.2 Å². The zero-order chi connectivity index (χ0) is 17.9. The maximum Gasteiger partial charge on any atom is 0.275 e. The molecule has 5 nitrogen and oxygen atoms in total. The summed E-state index contributed by atoms with van der Waals surface area (Å²) in [6.45, 7) is 9.29. The van der Waals surface area contributed by atoms with E-state index in [1.165, 1.54) is 11.1 Å². The van der Waals surface area contributed by atoms with E-state index in [0.717, 1.165) is 12.8 Å². The molecule has 5 heteroatoms. The molecule has 0 aliphatic rings. The molecule has 0 aliphatic carbocycles. The third-order valence-corrected chi connectivity index (χ3v) is 4.00. The quantitative estimate of drug-likeness (QED) is 0.600. The number of quaternary nitrogens is 1. The Morgan fingerprint density at radius 2 is 1.71 bits per heavy atom. The first-order valence-electron chi connectivity index (χ1n) is 8.93.